The van der Waals surface area contributed by atoms with Crippen molar-refractivity contribution in [2.75, 3.05) is 0 Å². The maximum absolute atomic E-state index is 11.0. The van der Waals surface area contributed by atoms with E-state index in [1.165, 1.54) is 0 Å². The third-order valence-electron chi connectivity index (χ3n) is 1.43. The first kappa shape index (κ1) is 13.1. The average Bonchev–Trinajstić information content (AvgIpc) is 2.09. The molecule has 0 aliphatic carbocycles. The number of imide groups is 1. The summed E-state index contributed by atoms with van der Waals surface area (Å²) < 4.78 is 0. The molecule has 0 saturated carbocycles. The van der Waals surface area contributed by atoms with Crippen molar-refractivity contribution in [3.8, 4) is 0 Å². The highest BCUT2D eigenvalue weighted by Gasteiger charge is 2.16. The summed E-state index contributed by atoms with van der Waals surface area (Å²) in [5.41, 5.74) is 2.00. The van der Waals surface area contributed by atoms with Crippen LogP contribution in [0.1, 0.15) is 26.7 Å². The molecule has 0 spiro atoms. The van der Waals surface area contributed by atoms with Crippen LogP contribution in [0.2, 0.25) is 0 Å². The number of hydrazine groups is 1. The fourth-order valence-corrected chi connectivity index (χ4v) is 0.780. The zero-order chi connectivity index (χ0) is 12.0. The van der Waals surface area contributed by atoms with Crippen LogP contribution in [0.25, 0.3) is 0 Å². The van der Waals surface area contributed by atoms with E-state index in [9.17, 15) is 19.2 Å². The summed E-state index contributed by atoms with van der Waals surface area (Å²) in [4.78, 5) is 42.8. The number of aliphatic carboxylic acids is 1. The van der Waals surface area contributed by atoms with Gasteiger partial charge in [0.15, 0.2) is 0 Å². The van der Waals surface area contributed by atoms with E-state index in [4.69, 9.17) is 5.11 Å². The molecular formula is C8H12N2O5. The molecule has 15 heavy (non-hydrogen) atoms. The first-order valence-corrected chi connectivity index (χ1v) is 4.17. The van der Waals surface area contributed by atoms with Crippen LogP contribution >= 0.6 is 0 Å². The molecule has 0 fully saturated rings. The number of rotatable bonds is 3. The van der Waals surface area contributed by atoms with Gasteiger partial charge in [-0.25, -0.2) is 0 Å². The van der Waals surface area contributed by atoms with Crippen LogP contribution in [0.3, 0.4) is 0 Å². The molecule has 84 valence electrons. The van der Waals surface area contributed by atoms with Gasteiger partial charge in [-0.3, -0.25) is 24.6 Å². The molecule has 7 heteroatoms. The van der Waals surface area contributed by atoms with Gasteiger partial charge in [0.2, 0.25) is 17.7 Å². The van der Waals surface area contributed by atoms with Crippen molar-refractivity contribution >= 4 is 23.7 Å². The van der Waals surface area contributed by atoms with Crippen molar-refractivity contribution in [3.05, 3.63) is 0 Å². The van der Waals surface area contributed by atoms with E-state index in [2.05, 4.69) is 0 Å². The summed E-state index contributed by atoms with van der Waals surface area (Å²) in [6.45, 7) is 2.22. The molecule has 0 aliphatic rings. The van der Waals surface area contributed by atoms with Gasteiger partial charge < -0.3 is 5.11 Å². The number of carbonyl (C=O) groups is 4. The fraction of sp³-hybridized carbons (Fsp3) is 0.500. The normalized spacial score (nSPS) is 9.20. The van der Waals surface area contributed by atoms with E-state index in [1.807, 2.05) is 5.43 Å². The van der Waals surface area contributed by atoms with E-state index in [1.54, 1.807) is 0 Å². The maximum Gasteiger partial charge on any atom is 0.303 e. The molecule has 0 aromatic heterocycles. The molecule has 0 heterocycles. The van der Waals surface area contributed by atoms with Crippen LogP contribution in [-0.2, 0) is 19.2 Å². The van der Waals surface area contributed by atoms with E-state index < -0.39 is 23.7 Å². The van der Waals surface area contributed by atoms with Gasteiger partial charge in [-0.05, 0) is 0 Å². The molecule has 0 aliphatic heterocycles. The SMILES string of the molecule is CC(=O)N(NC(=O)CCC(=O)O)C(C)=O. The first-order valence-electron chi connectivity index (χ1n) is 4.17. The summed E-state index contributed by atoms with van der Waals surface area (Å²) >= 11 is 0. The minimum absolute atomic E-state index is 0.285. The summed E-state index contributed by atoms with van der Waals surface area (Å²) in [5, 5.41) is 8.82. The van der Waals surface area contributed by atoms with E-state index in [0.29, 0.717) is 5.01 Å². The van der Waals surface area contributed by atoms with Crippen molar-refractivity contribution in [3.63, 3.8) is 0 Å². The highest BCUT2D eigenvalue weighted by molar-refractivity contribution is 5.95. The molecule has 0 rings (SSSR count). The Morgan fingerprint density at radius 2 is 1.53 bits per heavy atom. The molecule has 0 atom stereocenters. The predicted molar refractivity (Wildman–Crippen MR) is 48.2 cm³/mol. The largest absolute Gasteiger partial charge is 0.481 e. The Hall–Kier alpha value is -1.92. The molecule has 0 radical (unpaired) electrons. The molecular weight excluding hydrogens is 204 g/mol. The zero-order valence-corrected chi connectivity index (χ0v) is 8.44. The van der Waals surface area contributed by atoms with Crippen molar-refractivity contribution in [2.45, 2.75) is 26.7 Å². The highest BCUT2D eigenvalue weighted by atomic mass is 16.4. The molecule has 0 bridgehead atoms. The van der Waals surface area contributed by atoms with Crippen molar-refractivity contribution in [2.24, 2.45) is 0 Å². The molecule has 0 aromatic rings. The third kappa shape index (κ3) is 5.40. The highest BCUT2D eigenvalue weighted by Crippen LogP contribution is 1.92. The van der Waals surface area contributed by atoms with Crippen LogP contribution in [0, 0.1) is 0 Å². The number of hydrogen-bond donors (Lipinski definition) is 2. The van der Waals surface area contributed by atoms with Gasteiger partial charge in [0, 0.05) is 20.3 Å². The van der Waals surface area contributed by atoms with E-state index >= 15 is 0 Å². The van der Waals surface area contributed by atoms with Gasteiger partial charge >= 0.3 is 5.97 Å². The van der Waals surface area contributed by atoms with Gasteiger partial charge in [0.1, 0.15) is 0 Å². The number of nitrogens with zero attached hydrogens (tertiary/aromatic N) is 1. The Labute approximate surface area is 86.0 Å². The molecule has 2 N–H and O–H groups in total. The van der Waals surface area contributed by atoms with Crippen molar-refractivity contribution in [1.82, 2.24) is 10.4 Å². The quantitative estimate of drug-likeness (QED) is 0.606. The molecule has 3 amide bonds. The smallest absolute Gasteiger partial charge is 0.303 e. The minimum Gasteiger partial charge on any atom is -0.481 e. The summed E-state index contributed by atoms with van der Waals surface area (Å²) in [7, 11) is 0. The monoisotopic (exact) mass is 216 g/mol. The van der Waals surface area contributed by atoms with Crippen LogP contribution in [0.4, 0.5) is 0 Å². The molecule has 0 unspecified atom stereocenters. The second kappa shape index (κ2) is 5.74. The van der Waals surface area contributed by atoms with Crippen molar-refractivity contribution < 1.29 is 24.3 Å². The van der Waals surface area contributed by atoms with Crippen LogP contribution < -0.4 is 5.43 Å². The lowest BCUT2D eigenvalue weighted by atomic mass is 10.3. The average molecular weight is 216 g/mol. The summed E-state index contributed by atoms with van der Waals surface area (Å²) in [5.74, 6) is -3.08. The minimum atomic E-state index is -1.12. The maximum atomic E-state index is 11.0. The predicted octanol–water partition coefficient (Wildman–Crippen LogP) is -0.723. The zero-order valence-electron chi connectivity index (χ0n) is 8.44. The molecule has 0 aromatic carbocycles. The van der Waals surface area contributed by atoms with Crippen LogP contribution in [-0.4, -0.2) is 33.8 Å². The Bertz CT molecular complexity index is 285. The van der Waals surface area contributed by atoms with Gasteiger partial charge in [0.05, 0.1) is 6.42 Å². The number of nitrogens with one attached hydrogen (secondary N) is 1. The van der Waals surface area contributed by atoms with E-state index in [-0.39, 0.29) is 12.8 Å². The lowest BCUT2D eigenvalue weighted by Gasteiger charge is -2.17. The van der Waals surface area contributed by atoms with Crippen LogP contribution in [0.5, 0.6) is 0 Å². The van der Waals surface area contributed by atoms with Gasteiger partial charge in [0.25, 0.3) is 0 Å². The topological polar surface area (TPSA) is 104 Å². The van der Waals surface area contributed by atoms with Crippen LogP contribution in [0.15, 0.2) is 0 Å². The Morgan fingerprint density at radius 3 is 1.87 bits per heavy atom. The third-order valence-corrected chi connectivity index (χ3v) is 1.43. The van der Waals surface area contributed by atoms with Gasteiger partial charge in [-0.15, -0.1) is 0 Å². The Balaban J connectivity index is 4.18. The fourth-order valence-electron chi connectivity index (χ4n) is 0.780. The van der Waals surface area contributed by atoms with Gasteiger partial charge in [-0.2, -0.15) is 5.01 Å². The van der Waals surface area contributed by atoms with Crippen molar-refractivity contribution in [1.29, 1.82) is 0 Å². The first-order chi connectivity index (χ1) is 6.84. The number of amides is 3. The standard InChI is InChI=1S/C8H12N2O5/c1-5(11)10(6(2)12)9-7(13)3-4-8(14)15/h3-4H2,1-2H3,(H,9,13)(H,14,15). The van der Waals surface area contributed by atoms with E-state index in [0.717, 1.165) is 13.8 Å². The number of hydrogen-bond acceptors (Lipinski definition) is 4. The Morgan fingerprint density at radius 1 is 1.07 bits per heavy atom. The molecule has 7 nitrogen and oxygen atoms in total. The summed E-state index contributed by atoms with van der Waals surface area (Å²) in [6.07, 6.45) is -0.637. The summed E-state index contributed by atoms with van der Waals surface area (Å²) in [6, 6.07) is 0. The lowest BCUT2D eigenvalue weighted by molar-refractivity contribution is -0.151. The van der Waals surface area contributed by atoms with Gasteiger partial charge in [-0.1, -0.05) is 0 Å². The number of carboxylic acids is 1. The second-order valence-electron chi connectivity index (χ2n) is 2.80. The number of carbonyl (C=O) groups excluding carboxylic acids is 3. The molecule has 0 saturated heterocycles. The Kier molecular flexibility index (Phi) is 5.00. The lowest BCUT2D eigenvalue weighted by Crippen LogP contribution is -2.47. The second-order valence-corrected chi connectivity index (χ2v) is 2.80. The number of carboxylic acid groups (broad SMARTS) is 1.